The van der Waals surface area contributed by atoms with E-state index in [0.29, 0.717) is 11.5 Å². The Morgan fingerprint density at radius 3 is 2.75 bits per heavy atom. The van der Waals surface area contributed by atoms with Gasteiger partial charge < -0.3 is 19.5 Å². The average molecular weight is 398 g/mol. The number of amides is 1. The van der Waals surface area contributed by atoms with Crippen molar-refractivity contribution in [2.24, 2.45) is 0 Å². The summed E-state index contributed by atoms with van der Waals surface area (Å²) in [5.41, 5.74) is 0.995. The van der Waals surface area contributed by atoms with Crippen LogP contribution in [0.5, 0.6) is 17.4 Å². The molecule has 6 nitrogen and oxygen atoms in total. The number of fused-ring (bicyclic) bond motifs is 1. The summed E-state index contributed by atoms with van der Waals surface area (Å²) in [6, 6.07) is 7.71. The van der Waals surface area contributed by atoms with Crippen molar-refractivity contribution in [3.8, 4) is 17.4 Å². The summed E-state index contributed by atoms with van der Waals surface area (Å²) >= 11 is 0. The molecule has 0 atom stereocenters. The number of hydrogen-bond donors (Lipinski definition) is 1. The SMILES string of the molecule is O=C(C=Cc1ccc2c(c1)OCO2)Nc1ccc(OCC(F)(F)C(F)F)nc1. The fraction of sp³-hybridized carbons (Fsp3) is 0.222. The van der Waals surface area contributed by atoms with Gasteiger partial charge in [-0.05, 0) is 29.8 Å². The van der Waals surface area contributed by atoms with E-state index in [9.17, 15) is 22.4 Å². The molecule has 2 aromatic rings. The number of anilines is 1. The van der Waals surface area contributed by atoms with Gasteiger partial charge in [0.05, 0.1) is 11.9 Å². The largest absolute Gasteiger partial charge is 0.471 e. The average Bonchev–Trinajstić information content (AvgIpc) is 3.13. The minimum absolute atomic E-state index is 0.148. The molecule has 0 saturated carbocycles. The highest BCUT2D eigenvalue weighted by molar-refractivity contribution is 6.01. The fourth-order valence-electron chi connectivity index (χ4n) is 2.15. The van der Waals surface area contributed by atoms with Gasteiger partial charge in [-0.25, -0.2) is 13.8 Å². The molecule has 0 radical (unpaired) electrons. The first-order chi connectivity index (χ1) is 13.3. The quantitative estimate of drug-likeness (QED) is 0.569. The first-order valence-corrected chi connectivity index (χ1v) is 7.97. The maximum atomic E-state index is 12.8. The number of aromatic nitrogens is 1. The van der Waals surface area contributed by atoms with Crippen LogP contribution in [-0.4, -0.2) is 36.6 Å². The Labute approximate surface area is 156 Å². The Balaban J connectivity index is 1.53. The second-order valence-corrected chi connectivity index (χ2v) is 5.67. The summed E-state index contributed by atoms with van der Waals surface area (Å²) < 4.78 is 64.7. The van der Waals surface area contributed by atoms with Crippen molar-refractivity contribution in [2.75, 3.05) is 18.7 Å². The van der Waals surface area contributed by atoms with E-state index in [1.165, 1.54) is 18.2 Å². The molecule has 0 bridgehead atoms. The van der Waals surface area contributed by atoms with Gasteiger partial charge in [0.25, 0.3) is 0 Å². The van der Waals surface area contributed by atoms with E-state index in [0.717, 1.165) is 11.8 Å². The van der Waals surface area contributed by atoms with Gasteiger partial charge in [-0.1, -0.05) is 6.07 Å². The van der Waals surface area contributed by atoms with Crippen molar-refractivity contribution in [3.63, 3.8) is 0 Å². The van der Waals surface area contributed by atoms with E-state index in [1.54, 1.807) is 24.3 Å². The topological polar surface area (TPSA) is 69.7 Å². The number of nitrogens with zero attached hydrogens (tertiary/aromatic N) is 1. The normalized spacial score (nSPS) is 13.2. The number of halogens is 4. The van der Waals surface area contributed by atoms with Crippen LogP contribution in [0, 0.1) is 0 Å². The maximum Gasteiger partial charge on any atom is 0.340 e. The van der Waals surface area contributed by atoms with Gasteiger partial charge in [0.1, 0.15) is 0 Å². The highest BCUT2D eigenvalue weighted by Crippen LogP contribution is 2.32. The number of benzene rings is 1. The molecule has 148 valence electrons. The lowest BCUT2D eigenvalue weighted by molar-refractivity contribution is -0.148. The monoisotopic (exact) mass is 398 g/mol. The lowest BCUT2D eigenvalue weighted by Crippen LogP contribution is -2.33. The number of carbonyl (C=O) groups excluding carboxylic acids is 1. The molecule has 1 N–H and O–H groups in total. The molecular weight excluding hydrogens is 384 g/mol. The molecule has 1 aromatic carbocycles. The van der Waals surface area contributed by atoms with E-state index in [4.69, 9.17) is 9.47 Å². The zero-order chi connectivity index (χ0) is 20.1. The lowest BCUT2D eigenvalue weighted by Gasteiger charge is -2.15. The summed E-state index contributed by atoms with van der Waals surface area (Å²) in [4.78, 5) is 15.6. The molecule has 10 heteroatoms. The van der Waals surface area contributed by atoms with Gasteiger partial charge in [-0.2, -0.15) is 8.78 Å². The molecule has 0 unspecified atom stereocenters. The standard InChI is InChI=1S/C18H14F4N2O4/c19-17(20)18(21,22)9-26-16-6-3-12(8-23-16)24-15(25)5-2-11-1-4-13-14(7-11)28-10-27-13/h1-8,17H,9-10H2,(H,24,25). The molecule has 0 spiro atoms. The van der Waals surface area contributed by atoms with Crippen LogP contribution in [0.4, 0.5) is 23.2 Å². The Kier molecular flexibility index (Phi) is 5.67. The lowest BCUT2D eigenvalue weighted by atomic mass is 10.2. The Morgan fingerprint density at radius 2 is 2.04 bits per heavy atom. The van der Waals surface area contributed by atoms with Crippen molar-refractivity contribution >= 4 is 17.7 Å². The molecule has 1 aromatic heterocycles. The van der Waals surface area contributed by atoms with Crippen molar-refractivity contribution in [1.29, 1.82) is 0 Å². The first-order valence-electron chi connectivity index (χ1n) is 7.97. The molecule has 1 amide bonds. The first kappa shape index (κ1) is 19.5. The van der Waals surface area contributed by atoms with Crippen molar-refractivity contribution in [2.45, 2.75) is 12.3 Å². The number of alkyl halides is 4. The van der Waals surface area contributed by atoms with Crippen LogP contribution >= 0.6 is 0 Å². The summed E-state index contributed by atoms with van der Waals surface area (Å²) in [6.07, 6.45) is 0.171. The van der Waals surface area contributed by atoms with Gasteiger partial charge >= 0.3 is 12.3 Å². The number of ether oxygens (including phenoxy) is 3. The Morgan fingerprint density at radius 1 is 1.25 bits per heavy atom. The molecule has 1 aliphatic rings. The van der Waals surface area contributed by atoms with Gasteiger partial charge in [-0.15, -0.1) is 0 Å². The minimum Gasteiger partial charge on any atom is -0.471 e. The summed E-state index contributed by atoms with van der Waals surface area (Å²) in [6.45, 7) is -1.35. The van der Waals surface area contributed by atoms with Crippen LogP contribution in [0.15, 0.2) is 42.6 Å². The number of pyridine rings is 1. The number of rotatable bonds is 7. The molecule has 1 aliphatic heterocycles. The van der Waals surface area contributed by atoms with Crippen LogP contribution in [0.1, 0.15) is 5.56 Å². The zero-order valence-electron chi connectivity index (χ0n) is 14.2. The third kappa shape index (κ3) is 4.90. The third-order valence-corrected chi connectivity index (χ3v) is 3.56. The van der Waals surface area contributed by atoms with E-state index >= 15 is 0 Å². The van der Waals surface area contributed by atoms with Gasteiger partial charge in [0.2, 0.25) is 18.6 Å². The van der Waals surface area contributed by atoms with Crippen LogP contribution in [-0.2, 0) is 4.79 Å². The predicted octanol–water partition coefficient (Wildman–Crippen LogP) is 3.74. The van der Waals surface area contributed by atoms with Crippen molar-refractivity contribution in [1.82, 2.24) is 4.98 Å². The predicted molar refractivity (Wildman–Crippen MR) is 90.9 cm³/mol. The summed E-state index contributed by atoms with van der Waals surface area (Å²) in [5, 5.41) is 2.51. The van der Waals surface area contributed by atoms with Crippen molar-refractivity contribution < 1.29 is 36.6 Å². The number of carbonyl (C=O) groups is 1. The minimum atomic E-state index is -4.27. The molecule has 0 saturated heterocycles. The van der Waals surface area contributed by atoms with Crippen LogP contribution in [0.25, 0.3) is 6.08 Å². The number of nitrogens with one attached hydrogen (secondary N) is 1. The van der Waals surface area contributed by atoms with Crippen LogP contribution < -0.4 is 19.5 Å². The van der Waals surface area contributed by atoms with E-state index < -0.39 is 24.9 Å². The van der Waals surface area contributed by atoms with E-state index in [1.807, 2.05) is 0 Å². The molecule has 3 rings (SSSR count). The van der Waals surface area contributed by atoms with Gasteiger partial charge in [0.15, 0.2) is 18.1 Å². The molecular formula is C18H14F4N2O4. The second-order valence-electron chi connectivity index (χ2n) is 5.67. The summed E-state index contributed by atoms with van der Waals surface area (Å²) in [7, 11) is 0. The Bertz CT molecular complexity index is 872. The zero-order valence-corrected chi connectivity index (χ0v) is 14.2. The highest BCUT2D eigenvalue weighted by Gasteiger charge is 2.41. The van der Waals surface area contributed by atoms with Gasteiger partial charge in [-0.3, -0.25) is 4.79 Å². The second kappa shape index (κ2) is 8.15. The van der Waals surface area contributed by atoms with E-state index in [2.05, 4.69) is 15.0 Å². The van der Waals surface area contributed by atoms with Crippen LogP contribution in [0.2, 0.25) is 0 Å². The Hall–Kier alpha value is -3.30. The molecule has 2 heterocycles. The smallest absolute Gasteiger partial charge is 0.340 e. The maximum absolute atomic E-state index is 12.8. The third-order valence-electron chi connectivity index (χ3n) is 3.56. The summed E-state index contributed by atoms with van der Waals surface area (Å²) in [5.74, 6) is -3.79. The van der Waals surface area contributed by atoms with E-state index in [-0.39, 0.29) is 18.4 Å². The fourth-order valence-corrected chi connectivity index (χ4v) is 2.15. The number of hydrogen-bond acceptors (Lipinski definition) is 5. The molecule has 0 fully saturated rings. The molecule has 0 aliphatic carbocycles. The van der Waals surface area contributed by atoms with Crippen molar-refractivity contribution in [3.05, 3.63) is 48.2 Å². The molecule has 28 heavy (non-hydrogen) atoms. The highest BCUT2D eigenvalue weighted by atomic mass is 19.3. The van der Waals surface area contributed by atoms with Crippen LogP contribution in [0.3, 0.4) is 0 Å². The van der Waals surface area contributed by atoms with Gasteiger partial charge in [0, 0.05) is 12.1 Å².